The van der Waals surface area contributed by atoms with Gasteiger partial charge in [0, 0.05) is 11.6 Å². The topological polar surface area (TPSA) is 91.0 Å². The van der Waals surface area contributed by atoms with Gasteiger partial charge in [-0.2, -0.15) is 0 Å². The maximum absolute atomic E-state index is 14.7. The number of benzene rings is 2. The summed E-state index contributed by atoms with van der Waals surface area (Å²) in [7, 11) is 0. The van der Waals surface area contributed by atoms with E-state index in [0.29, 0.717) is 16.7 Å². The molecule has 0 aliphatic carbocycles. The van der Waals surface area contributed by atoms with Crippen LogP contribution in [0.4, 0.5) is 4.39 Å². The van der Waals surface area contributed by atoms with E-state index in [1.807, 2.05) is 58.0 Å². The molecule has 7 heteroatoms. The molecule has 1 amide bonds. The molecule has 0 saturated heterocycles. The van der Waals surface area contributed by atoms with Crippen molar-refractivity contribution in [2.45, 2.75) is 65.4 Å². The lowest BCUT2D eigenvalue weighted by Gasteiger charge is -2.37. The lowest BCUT2D eigenvalue weighted by molar-refractivity contribution is -0.130. The van der Waals surface area contributed by atoms with Crippen molar-refractivity contribution in [1.29, 1.82) is 0 Å². The molecule has 3 atom stereocenters. The molecule has 32 heavy (non-hydrogen) atoms. The van der Waals surface area contributed by atoms with Gasteiger partial charge in [-0.1, -0.05) is 44.2 Å². The van der Waals surface area contributed by atoms with E-state index in [0.717, 1.165) is 5.56 Å². The SMILES string of the molecule is Cc1c(F)cc(CN2C(=O)CC(C)(C(C)C)N=C2N)cc1C(O)NC(C)c1ccccc1. The van der Waals surface area contributed by atoms with Crippen LogP contribution in [0.5, 0.6) is 0 Å². The summed E-state index contributed by atoms with van der Waals surface area (Å²) in [5.41, 5.74) is 7.91. The minimum Gasteiger partial charge on any atom is -0.374 e. The largest absolute Gasteiger partial charge is 0.374 e. The van der Waals surface area contributed by atoms with Gasteiger partial charge in [-0.15, -0.1) is 0 Å². The Morgan fingerprint density at radius 3 is 2.50 bits per heavy atom. The summed E-state index contributed by atoms with van der Waals surface area (Å²) >= 11 is 0. The lowest BCUT2D eigenvalue weighted by atomic mass is 9.84. The molecule has 0 spiro atoms. The molecule has 1 aliphatic heterocycles. The molecule has 3 unspecified atom stereocenters. The highest BCUT2D eigenvalue weighted by molar-refractivity contribution is 5.99. The first kappa shape index (κ1) is 23.9. The standard InChI is InChI=1S/C25H33FN4O2/c1-15(2)25(5)13-22(31)30(24(27)29-25)14-18-11-20(16(3)21(26)12-18)23(32)28-17(4)19-9-7-6-8-10-19/h6-12,15,17,23,28,32H,13-14H2,1-5H3,(H2,27,29). The number of aliphatic imine (C=N–C) groups is 1. The summed E-state index contributed by atoms with van der Waals surface area (Å²) in [6.07, 6.45) is -0.835. The molecular formula is C25H33FN4O2. The Bertz CT molecular complexity index is 1010. The van der Waals surface area contributed by atoms with Crippen LogP contribution in [0.2, 0.25) is 0 Å². The maximum Gasteiger partial charge on any atom is 0.232 e. The first-order chi connectivity index (χ1) is 15.0. The van der Waals surface area contributed by atoms with Crippen LogP contribution < -0.4 is 11.1 Å². The minimum atomic E-state index is -1.08. The number of nitrogens with zero attached hydrogens (tertiary/aromatic N) is 2. The van der Waals surface area contributed by atoms with E-state index >= 15 is 0 Å². The van der Waals surface area contributed by atoms with Crippen molar-refractivity contribution in [2.24, 2.45) is 16.6 Å². The molecule has 3 rings (SSSR count). The second kappa shape index (κ2) is 9.38. The Hall–Kier alpha value is -2.77. The first-order valence-electron chi connectivity index (χ1n) is 11.0. The third kappa shape index (κ3) is 5.00. The van der Waals surface area contributed by atoms with Crippen molar-refractivity contribution < 1.29 is 14.3 Å². The number of carbonyl (C=O) groups is 1. The van der Waals surface area contributed by atoms with Crippen LogP contribution >= 0.6 is 0 Å². The van der Waals surface area contributed by atoms with Gasteiger partial charge in [-0.3, -0.25) is 15.0 Å². The lowest BCUT2D eigenvalue weighted by Crippen LogP contribution is -2.51. The van der Waals surface area contributed by atoms with Crippen molar-refractivity contribution >= 4 is 11.9 Å². The average molecular weight is 441 g/mol. The van der Waals surface area contributed by atoms with Gasteiger partial charge in [0.15, 0.2) is 5.96 Å². The molecular weight excluding hydrogens is 407 g/mol. The Morgan fingerprint density at radius 1 is 1.25 bits per heavy atom. The van der Waals surface area contributed by atoms with E-state index < -0.39 is 17.6 Å². The molecule has 0 saturated carbocycles. The van der Waals surface area contributed by atoms with Crippen LogP contribution in [-0.2, 0) is 11.3 Å². The van der Waals surface area contributed by atoms with Crippen LogP contribution in [0, 0.1) is 18.7 Å². The predicted molar refractivity (Wildman–Crippen MR) is 124 cm³/mol. The molecule has 0 radical (unpaired) electrons. The van der Waals surface area contributed by atoms with Crippen molar-refractivity contribution in [1.82, 2.24) is 10.2 Å². The highest BCUT2D eigenvalue weighted by Gasteiger charge is 2.38. The number of nitrogens with one attached hydrogen (secondary N) is 1. The zero-order chi connectivity index (χ0) is 23.6. The number of amides is 1. The average Bonchev–Trinajstić information content (AvgIpc) is 2.73. The number of halogens is 1. The zero-order valence-corrected chi connectivity index (χ0v) is 19.4. The number of aliphatic hydroxyl groups excluding tert-OH is 1. The van der Waals surface area contributed by atoms with Gasteiger partial charge in [0.1, 0.15) is 12.0 Å². The number of aliphatic hydroxyl groups is 1. The Labute approximate surface area is 189 Å². The summed E-state index contributed by atoms with van der Waals surface area (Å²) in [5, 5.41) is 13.9. The van der Waals surface area contributed by atoms with E-state index in [1.165, 1.54) is 11.0 Å². The molecule has 0 fully saturated rings. The molecule has 6 nitrogen and oxygen atoms in total. The number of nitrogens with two attached hydrogens (primary N) is 1. The van der Waals surface area contributed by atoms with E-state index in [1.54, 1.807) is 13.0 Å². The predicted octanol–water partition coefficient (Wildman–Crippen LogP) is 3.94. The third-order valence-electron chi connectivity index (χ3n) is 6.49. The van der Waals surface area contributed by atoms with Crippen molar-refractivity contribution in [2.75, 3.05) is 0 Å². The molecule has 1 heterocycles. The van der Waals surface area contributed by atoms with Gasteiger partial charge in [0.2, 0.25) is 5.91 Å². The van der Waals surface area contributed by atoms with Gasteiger partial charge < -0.3 is 10.8 Å². The van der Waals surface area contributed by atoms with Gasteiger partial charge in [0.05, 0.1) is 18.5 Å². The minimum absolute atomic E-state index is 0.0908. The van der Waals surface area contributed by atoms with E-state index in [2.05, 4.69) is 10.3 Å². The number of carbonyl (C=O) groups excluding carboxylic acids is 1. The van der Waals surface area contributed by atoms with Crippen LogP contribution in [0.15, 0.2) is 47.5 Å². The second-order valence-corrected chi connectivity index (χ2v) is 9.13. The van der Waals surface area contributed by atoms with Gasteiger partial charge in [-0.05, 0) is 55.5 Å². The van der Waals surface area contributed by atoms with E-state index in [4.69, 9.17) is 5.73 Å². The Morgan fingerprint density at radius 2 is 1.91 bits per heavy atom. The first-order valence-corrected chi connectivity index (χ1v) is 11.0. The molecule has 4 N–H and O–H groups in total. The summed E-state index contributed by atoms with van der Waals surface area (Å²) in [4.78, 5) is 18.7. The second-order valence-electron chi connectivity index (χ2n) is 9.13. The third-order valence-corrected chi connectivity index (χ3v) is 6.49. The number of hydrogen-bond donors (Lipinski definition) is 3. The van der Waals surface area contributed by atoms with Gasteiger partial charge >= 0.3 is 0 Å². The van der Waals surface area contributed by atoms with Crippen molar-refractivity contribution in [3.63, 3.8) is 0 Å². The molecule has 1 aliphatic rings. The summed E-state index contributed by atoms with van der Waals surface area (Å²) in [5.74, 6) is -0.301. The van der Waals surface area contributed by atoms with Crippen molar-refractivity contribution in [3.05, 3.63) is 70.5 Å². The fraction of sp³-hybridized carbons (Fsp3) is 0.440. The van der Waals surface area contributed by atoms with Gasteiger partial charge in [-0.25, -0.2) is 9.38 Å². The molecule has 2 aromatic rings. The Kier molecular flexibility index (Phi) is 7.00. The molecule has 2 aromatic carbocycles. The zero-order valence-electron chi connectivity index (χ0n) is 19.4. The highest BCUT2D eigenvalue weighted by atomic mass is 19.1. The molecule has 0 bridgehead atoms. The Balaban J connectivity index is 1.83. The maximum atomic E-state index is 14.7. The normalized spacial score (nSPS) is 20.9. The van der Waals surface area contributed by atoms with E-state index in [-0.39, 0.29) is 36.8 Å². The highest BCUT2D eigenvalue weighted by Crippen LogP contribution is 2.31. The van der Waals surface area contributed by atoms with Crippen LogP contribution in [0.25, 0.3) is 0 Å². The van der Waals surface area contributed by atoms with Gasteiger partial charge in [0.25, 0.3) is 0 Å². The number of hydrogen-bond acceptors (Lipinski definition) is 5. The van der Waals surface area contributed by atoms with Crippen LogP contribution in [0.3, 0.4) is 0 Å². The van der Waals surface area contributed by atoms with Crippen LogP contribution in [-0.4, -0.2) is 27.4 Å². The fourth-order valence-electron chi connectivity index (χ4n) is 3.87. The van der Waals surface area contributed by atoms with Crippen LogP contribution in [0.1, 0.15) is 68.6 Å². The summed E-state index contributed by atoms with van der Waals surface area (Å²) in [6.45, 7) is 9.58. The smallest absolute Gasteiger partial charge is 0.232 e. The monoisotopic (exact) mass is 440 g/mol. The summed E-state index contributed by atoms with van der Waals surface area (Å²) in [6, 6.07) is 12.7. The van der Waals surface area contributed by atoms with Crippen molar-refractivity contribution in [3.8, 4) is 0 Å². The van der Waals surface area contributed by atoms with E-state index in [9.17, 15) is 14.3 Å². The number of guanidine groups is 1. The number of rotatable bonds is 7. The fourth-order valence-corrected chi connectivity index (χ4v) is 3.87. The summed E-state index contributed by atoms with van der Waals surface area (Å²) < 4.78 is 14.7. The molecule has 172 valence electrons. The molecule has 0 aromatic heterocycles. The quantitative estimate of drug-likeness (QED) is 0.569.